The fourth-order valence-corrected chi connectivity index (χ4v) is 9.14. The summed E-state index contributed by atoms with van der Waals surface area (Å²) in [4.78, 5) is 49.7. The van der Waals surface area contributed by atoms with E-state index < -0.39 is 5.41 Å². The summed E-state index contributed by atoms with van der Waals surface area (Å²) in [6, 6.07) is 0. The van der Waals surface area contributed by atoms with E-state index >= 15 is 0 Å². The predicted molar refractivity (Wildman–Crippen MR) is 133 cm³/mol. The van der Waals surface area contributed by atoms with Crippen LogP contribution in [0, 0.1) is 46.3 Å². The van der Waals surface area contributed by atoms with Crippen LogP contribution in [0.5, 0.6) is 0 Å². The largest absolute Gasteiger partial charge is 0.469 e. The van der Waals surface area contributed by atoms with Crippen molar-refractivity contribution in [1.82, 2.24) is 0 Å². The van der Waals surface area contributed by atoms with Crippen molar-refractivity contribution < 1.29 is 33.4 Å². The summed E-state index contributed by atoms with van der Waals surface area (Å²) in [5.41, 5.74) is -0.503. The zero-order valence-electron chi connectivity index (χ0n) is 22.8. The maximum atomic E-state index is 14.0. The Bertz CT molecular complexity index is 898. The first-order chi connectivity index (χ1) is 16.9. The summed E-state index contributed by atoms with van der Waals surface area (Å²) in [5.74, 6) is 0.785. The van der Waals surface area contributed by atoms with Gasteiger partial charge in [-0.3, -0.25) is 19.2 Å². The van der Waals surface area contributed by atoms with Gasteiger partial charge in [0, 0.05) is 38.0 Å². The number of ketones is 1. The molecule has 0 aliphatic heterocycles. The van der Waals surface area contributed by atoms with E-state index in [-0.39, 0.29) is 71.0 Å². The number of methoxy groups -OCH3 is 1. The van der Waals surface area contributed by atoms with Crippen molar-refractivity contribution in [2.45, 2.75) is 105 Å². The van der Waals surface area contributed by atoms with Crippen LogP contribution in [0.15, 0.2) is 0 Å². The number of carbonyl (C=O) groups is 4. The zero-order valence-corrected chi connectivity index (χ0v) is 22.8. The molecule has 0 heterocycles. The first-order valence-electron chi connectivity index (χ1n) is 13.9. The SMILES string of the molecule is COC(=O)CC[C@@H](C)C1CCC2C3C(CC(=O)C21C)C1(C)CC[C@@H](OC(C)=O)CC1C[C@H]3OC(C)=O. The second-order valence-electron chi connectivity index (χ2n) is 12.6. The first-order valence-corrected chi connectivity index (χ1v) is 13.9. The van der Waals surface area contributed by atoms with Crippen LogP contribution in [-0.4, -0.2) is 43.0 Å². The van der Waals surface area contributed by atoms with Gasteiger partial charge in [-0.1, -0.05) is 20.8 Å². The quantitative estimate of drug-likeness (QED) is 0.375. The van der Waals surface area contributed by atoms with Crippen LogP contribution >= 0.6 is 0 Å². The summed E-state index contributed by atoms with van der Waals surface area (Å²) < 4.78 is 16.5. The van der Waals surface area contributed by atoms with Crippen molar-refractivity contribution in [3.63, 3.8) is 0 Å². The van der Waals surface area contributed by atoms with E-state index in [2.05, 4.69) is 20.8 Å². The van der Waals surface area contributed by atoms with E-state index in [1.807, 2.05) is 0 Å². The fourth-order valence-electron chi connectivity index (χ4n) is 9.14. The van der Waals surface area contributed by atoms with Gasteiger partial charge in [-0.2, -0.15) is 0 Å². The summed E-state index contributed by atoms with van der Waals surface area (Å²) in [5, 5.41) is 0. The molecule has 4 rings (SSSR count). The van der Waals surface area contributed by atoms with Gasteiger partial charge in [0.05, 0.1) is 7.11 Å². The van der Waals surface area contributed by atoms with Gasteiger partial charge in [-0.15, -0.1) is 0 Å². The Kier molecular flexibility index (Phi) is 7.60. The third-order valence-electron chi connectivity index (χ3n) is 10.9. The molecule has 0 N–H and O–H groups in total. The Morgan fingerprint density at radius 2 is 1.69 bits per heavy atom. The Labute approximate surface area is 215 Å². The van der Waals surface area contributed by atoms with Crippen molar-refractivity contribution in [3.8, 4) is 0 Å². The minimum absolute atomic E-state index is 0.0382. The number of carbonyl (C=O) groups excluding carboxylic acids is 4. The Hall–Kier alpha value is -1.92. The summed E-state index contributed by atoms with van der Waals surface area (Å²) in [7, 11) is 1.41. The van der Waals surface area contributed by atoms with Crippen LogP contribution in [0.1, 0.15) is 92.4 Å². The second kappa shape index (κ2) is 10.1. The molecule has 7 nitrogen and oxygen atoms in total. The monoisotopic (exact) mass is 504 g/mol. The van der Waals surface area contributed by atoms with E-state index in [4.69, 9.17) is 14.2 Å². The summed E-state index contributed by atoms with van der Waals surface area (Å²) in [6.07, 6.45) is 6.44. The average molecular weight is 505 g/mol. The van der Waals surface area contributed by atoms with Crippen molar-refractivity contribution in [3.05, 3.63) is 0 Å². The minimum atomic E-state index is -0.465. The van der Waals surface area contributed by atoms with E-state index in [9.17, 15) is 19.2 Å². The van der Waals surface area contributed by atoms with E-state index in [1.165, 1.54) is 21.0 Å². The van der Waals surface area contributed by atoms with Gasteiger partial charge in [0.2, 0.25) is 0 Å². The Balaban J connectivity index is 1.62. The lowest BCUT2D eigenvalue weighted by atomic mass is 9.43. The highest BCUT2D eigenvalue weighted by Crippen LogP contribution is 2.67. The van der Waals surface area contributed by atoms with E-state index in [1.54, 1.807) is 0 Å². The topological polar surface area (TPSA) is 96.0 Å². The fraction of sp³-hybridized carbons (Fsp3) is 0.862. The first kappa shape index (κ1) is 27.1. The molecule has 202 valence electrons. The molecule has 4 fully saturated rings. The molecule has 36 heavy (non-hydrogen) atoms. The number of ether oxygens (including phenoxy) is 3. The van der Waals surface area contributed by atoms with Crippen LogP contribution in [-0.2, 0) is 33.4 Å². The van der Waals surface area contributed by atoms with Gasteiger partial charge >= 0.3 is 17.9 Å². The lowest BCUT2D eigenvalue weighted by Crippen LogP contribution is -2.62. The molecule has 0 bridgehead atoms. The number of fused-ring (bicyclic) bond motifs is 5. The maximum absolute atomic E-state index is 14.0. The number of rotatable bonds is 6. The third kappa shape index (κ3) is 4.60. The predicted octanol–water partition coefficient (Wildman–Crippen LogP) is 4.89. The maximum Gasteiger partial charge on any atom is 0.305 e. The second-order valence-corrected chi connectivity index (χ2v) is 12.6. The molecule has 0 amide bonds. The van der Waals surface area contributed by atoms with Crippen molar-refractivity contribution in [2.75, 3.05) is 7.11 Å². The van der Waals surface area contributed by atoms with Gasteiger partial charge in [0.1, 0.15) is 18.0 Å². The van der Waals surface area contributed by atoms with Crippen LogP contribution in [0.2, 0.25) is 0 Å². The molecule has 0 aromatic heterocycles. The molecular weight excluding hydrogens is 460 g/mol. The zero-order chi connectivity index (χ0) is 26.4. The van der Waals surface area contributed by atoms with Gasteiger partial charge in [-0.25, -0.2) is 0 Å². The third-order valence-corrected chi connectivity index (χ3v) is 10.9. The molecule has 4 saturated carbocycles. The van der Waals surface area contributed by atoms with Crippen molar-refractivity contribution in [1.29, 1.82) is 0 Å². The molecule has 0 spiro atoms. The number of hydrogen-bond donors (Lipinski definition) is 0. The van der Waals surface area contributed by atoms with Gasteiger partial charge in [0.25, 0.3) is 0 Å². The minimum Gasteiger partial charge on any atom is -0.469 e. The lowest BCUT2D eigenvalue weighted by molar-refractivity contribution is -0.196. The molecule has 4 aliphatic rings. The van der Waals surface area contributed by atoms with Crippen LogP contribution < -0.4 is 0 Å². The normalized spacial score (nSPS) is 42.4. The highest BCUT2D eigenvalue weighted by Gasteiger charge is 2.66. The molecule has 0 aromatic rings. The number of Topliss-reactive ketones (excluding diaryl/α,β-unsaturated/α-hetero) is 1. The molecule has 0 radical (unpaired) electrons. The van der Waals surface area contributed by atoms with Crippen LogP contribution in [0.3, 0.4) is 0 Å². The smallest absolute Gasteiger partial charge is 0.305 e. The average Bonchev–Trinajstić information content (AvgIpc) is 3.16. The molecular formula is C29H44O7. The van der Waals surface area contributed by atoms with Gasteiger partial charge in [-0.05, 0) is 80.0 Å². The molecule has 0 aromatic carbocycles. The lowest BCUT2D eigenvalue weighted by Gasteiger charge is -2.62. The van der Waals surface area contributed by atoms with Crippen LogP contribution in [0.25, 0.3) is 0 Å². The molecule has 4 aliphatic carbocycles. The molecule has 7 heteroatoms. The highest BCUT2D eigenvalue weighted by atomic mass is 16.5. The van der Waals surface area contributed by atoms with Gasteiger partial charge < -0.3 is 14.2 Å². The Morgan fingerprint density at radius 3 is 2.33 bits per heavy atom. The summed E-state index contributed by atoms with van der Waals surface area (Å²) in [6.45, 7) is 9.57. The molecule has 7 unspecified atom stereocenters. The van der Waals surface area contributed by atoms with Crippen molar-refractivity contribution in [2.24, 2.45) is 46.3 Å². The van der Waals surface area contributed by atoms with E-state index in [0.29, 0.717) is 25.0 Å². The van der Waals surface area contributed by atoms with Crippen LogP contribution in [0.4, 0.5) is 0 Å². The van der Waals surface area contributed by atoms with Gasteiger partial charge in [0.15, 0.2) is 0 Å². The highest BCUT2D eigenvalue weighted by molar-refractivity contribution is 5.87. The number of hydrogen-bond acceptors (Lipinski definition) is 7. The summed E-state index contributed by atoms with van der Waals surface area (Å²) >= 11 is 0. The standard InChI is InChI=1S/C29H44O7/c1-16(7-10-26(33)34-6)21-8-9-22-27-23(15-25(32)29(21,22)5)28(4)12-11-20(35-17(2)30)13-19(28)14-24(27)36-18(3)31/h16,19-24,27H,7-15H2,1-6H3/t16-,19?,20-,21?,22?,23?,24-,27?,28?,29?/m1/s1. The molecule has 10 atom stereocenters. The van der Waals surface area contributed by atoms with Crippen molar-refractivity contribution >= 4 is 23.7 Å². The van der Waals surface area contributed by atoms with E-state index in [0.717, 1.165) is 38.5 Å². The number of esters is 3. The Morgan fingerprint density at radius 1 is 1.00 bits per heavy atom. The molecule has 0 saturated heterocycles.